The number of carbonyl (C=O) groups is 2. The van der Waals surface area contributed by atoms with Crippen LogP contribution in [0.25, 0.3) is 0 Å². The van der Waals surface area contributed by atoms with E-state index in [-0.39, 0.29) is 35.2 Å². The molecule has 2 aromatic rings. The van der Waals surface area contributed by atoms with Gasteiger partial charge in [-0.05, 0) is 74.4 Å². The molecule has 2 aliphatic rings. The van der Waals surface area contributed by atoms with Gasteiger partial charge in [-0.1, -0.05) is 18.2 Å². The normalized spacial score (nSPS) is 26.0. The first-order chi connectivity index (χ1) is 17.2. The molecule has 1 aliphatic heterocycles. The average Bonchev–Trinajstić information content (AvgIpc) is 3.19. The Bertz CT molecular complexity index is 1220. The summed E-state index contributed by atoms with van der Waals surface area (Å²) in [5.41, 5.74) is 17.1. The van der Waals surface area contributed by atoms with Crippen LogP contribution < -0.4 is 27.6 Å². The zero-order valence-electron chi connectivity index (χ0n) is 20.7. The number of hydrogen-bond donors (Lipinski definition) is 5. The average molecular weight is 522 g/mol. The highest BCUT2D eigenvalue weighted by Gasteiger charge is 2.49. The van der Waals surface area contributed by atoms with Gasteiger partial charge in [-0.2, -0.15) is 13.2 Å². The lowest BCUT2D eigenvalue weighted by atomic mass is 9.68. The standard InChI is InChI=1S/C26H31F4N5O2/c1-12-15(13-9-17-21(34-35-22(17)31)18(10-13)23(32)36)5-4-6-20(12)33-24(37)16-8-7-14(11-19(16)27)25(2,3)26(28,29)30/h4-8,11,13,17-18,21-22,34-35H,9-10,31H2,1-3H3,(H2,32,36)(H,33,37). The number of amides is 2. The van der Waals surface area contributed by atoms with E-state index in [4.69, 9.17) is 11.5 Å². The molecule has 1 aliphatic carbocycles. The van der Waals surface area contributed by atoms with Gasteiger partial charge in [0, 0.05) is 17.6 Å². The predicted molar refractivity (Wildman–Crippen MR) is 131 cm³/mol. The van der Waals surface area contributed by atoms with Gasteiger partial charge in [0.2, 0.25) is 5.91 Å². The fraction of sp³-hybridized carbons (Fsp3) is 0.462. The molecule has 0 aromatic heterocycles. The molecule has 0 radical (unpaired) electrons. The fourth-order valence-corrected chi connectivity index (χ4v) is 5.42. The van der Waals surface area contributed by atoms with Crippen LogP contribution in [-0.4, -0.2) is 30.2 Å². The number of hydrogen-bond acceptors (Lipinski definition) is 5. The Morgan fingerprint density at radius 1 is 1.08 bits per heavy atom. The first kappa shape index (κ1) is 27.0. The lowest BCUT2D eigenvalue weighted by Crippen LogP contribution is -2.48. The van der Waals surface area contributed by atoms with Crippen LogP contribution in [0.1, 0.15) is 59.7 Å². The highest BCUT2D eigenvalue weighted by atomic mass is 19.4. The number of alkyl halides is 3. The molecule has 5 unspecified atom stereocenters. The predicted octanol–water partition coefficient (Wildman–Crippen LogP) is 3.58. The molecule has 200 valence electrons. The molecule has 7 nitrogen and oxygen atoms in total. The van der Waals surface area contributed by atoms with Crippen molar-refractivity contribution < 1.29 is 27.2 Å². The van der Waals surface area contributed by atoms with Crippen molar-refractivity contribution in [2.45, 2.75) is 63.3 Å². The molecule has 0 bridgehead atoms. The van der Waals surface area contributed by atoms with Crippen molar-refractivity contribution in [3.05, 3.63) is 64.5 Å². The lowest BCUT2D eigenvalue weighted by molar-refractivity contribution is -0.180. The second-order valence-corrected chi connectivity index (χ2v) is 10.5. The second-order valence-electron chi connectivity index (χ2n) is 10.5. The zero-order valence-corrected chi connectivity index (χ0v) is 20.7. The van der Waals surface area contributed by atoms with E-state index in [1.807, 2.05) is 13.0 Å². The van der Waals surface area contributed by atoms with E-state index in [9.17, 15) is 27.2 Å². The Kier molecular flexibility index (Phi) is 7.08. The summed E-state index contributed by atoms with van der Waals surface area (Å²) in [6.45, 7) is 3.72. The number of hydrazine groups is 1. The Balaban J connectivity index is 1.57. The van der Waals surface area contributed by atoms with Crippen LogP contribution >= 0.6 is 0 Å². The molecule has 7 N–H and O–H groups in total. The minimum absolute atomic E-state index is 0.0255. The van der Waals surface area contributed by atoms with E-state index >= 15 is 0 Å². The molecule has 37 heavy (non-hydrogen) atoms. The van der Waals surface area contributed by atoms with Crippen LogP contribution in [0.5, 0.6) is 0 Å². The Morgan fingerprint density at radius 2 is 1.78 bits per heavy atom. The van der Waals surface area contributed by atoms with Gasteiger partial charge in [0.05, 0.1) is 23.1 Å². The van der Waals surface area contributed by atoms with Crippen LogP contribution in [0, 0.1) is 24.6 Å². The summed E-state index contributed by atoms with van der Waals surface area (Å²) in [4.78, 5) is 25.1. The van der Waals surface area contributed by atoms with Gasteiger partial charge in [-0.25, -0.2) is 9.82 Å². The zero-order chi connectivity index (χ0) is 27.3. The van der Waals surface area contributed by atoms with E-state index in [1.54, 1.807) is 12.1 Å². The number of halogens is 4. The quantitative estimate of drug-likeness (QED) is 0.385. The number of fused-ring (bicyclic) bond motifs is 1. The molecule has 11 heteroatoms. The SMILES string of the molecule is Cc1c(NC(=O)c2ccc(C(C)(C)C(F)(F)F)cc2F)cccc1C1CC(C(N)=O)C2NNC(N)C2C1. The Hall–Kier alpha value is -3.02. The topological polar surface area (TPSA) is 122 Å². The van der Waals surface area contributed by atoms with Crippen LogP contribution in [0.3, 0.4) is 0 Å². The summed E-state index contributed by atoms with van der Waals surface area (Å²) in [6, 6.07) is 8.08. The maximum absolute atomic E-state index is 14.8. The molecule has 1 saturated carbocycles. The van der Waals surface area contributed by atoms with Crippen molar-refractivity contribution in [1.82, 2.24) is 10.9 Å². The third-order valence-electron chi connectivity index (χ3n) is 7.94. The number of benzene rings is 2. The van der Waals surface area contributed by atoms with E-state index < -0.39 is 35.1 Å². The molecule has 5 atom stereocenters. The maximum Gasteiger partial charge on any atom is 0.397 e. The number of carbonyl (C=O) groups excluding carboxylic acids is 2. The fourth-order valence-electron chi connectivity index (χ4n) is 5.42. The van der Waals surface area contributed by atoms with Crippen LogP contribution in [-0.2, 0) is 10.2 Å². The number of anilines is 1. The van der Waals surface area contributed by atoms with Crippen LogP contribution in [0.4, 0.5) is 23.2 Å². The van der Waals surface area contributed by atoms with Gasteiger partial charge in [-0.3, -0.25) is 15.0 Å². The minimum atomic E-state index is -4.58. The van der Waals surface area contributed by atoms with Crippen molar-refractivity contribution in [3.63, 3.8) is 0 Å². The highest BCUT2D eigenvalue weighted by Crippen LogP contribution is 2.44. The molecule has 0 spiro atoms. The minimum Gasteiger partial charge on any atom is -0.369 e. The molecule has 1 saturated heterocycles. The summed E-state index contributed by atoms with van der Waals surface area (Å²) in [6.07, 6.45) is -3.73. The summed E-state index contributed by atoms with van der Waals surface area (Å²) < 4.78 is 54.8. The van der Waals surface area contributed by atoms with E-state index in [0.717, 1.165) is 43.2 Å². The number of rotatable bonds is 5. The first-order valence-corrected chi connectivity index (χ1v) is 12.1. The van der Waals surface area contributed by atoms with Gasteiger partial charge in [0.15, 0.2) is 0 Å². The number of primary amides is 1. The molecule has 2 amide bonds. The third-order valence-corrected chi connectivity index (χ3v) is 7.94. The monoisotopic (exact) mass is 521 g/mol. The highest BCUT2D eigenvalue weighted by molar-refractivity contribution is 6.05. The molecule has 2 aromatic carbocycles. The molecular formula is C26H31F4N5O2. The van der Waals surface area contributed by atoms with Crippen molar-refractivity contribution in [2.75, 3.05) is 5.32 Å². The molecule has 2 fully saturated rings. The van der Waals surface area contributed by atoms with Crippen molar-refractivity contribution in [1.29, 1.82) is 0 Å². The van der Waals surface area contributed by atoms with Gasteiger partial charge >= 0.3 is 6.18 Å². The molecular weight excluding hydrogens is 490 g/mol. The lowest BCUT2D eigenvalue weighted by Gasteiger charge is -2.38. The third kappa shape index (κ3) is 4.95. The van der Waals surface area contributed by atoms with Crippen LogP contribution in [0.2, 0.25) is 0 Å². The van der Waals surface area contributed by atoms with E-state index in [1.165, 1.54) is 0 Å². The second kappa shape index (κ2) is 9.70. The Morgan fingerprint density at radius 3 is 2.41 bits per heavy atom. The summed E-state index contributed by atoms with van der Waals surface area (Å²) >= 11 is 0. The summed E-state index contributed by atoms with van der Waals surface area (Å²) in [7, 11) is 0. The summed E-state index contributed by atoms with van der Waals surface area (Å²) in [5.74, 6) is -2.75. The number of nitrogens with one attached hydrogen (secondary N) is 3. The first-order valence-electron chi connectivity index (χ1n) is 12.1. The molecule has 4 rings (SSSR count). The summed E-state index contributed by atoms with van der Waals surface area (Å²) in [5, 5.41) is 2.68. The van der Waals surface area contributed by atoms with E-state index in [2.05, 4.69) is 16.2 Å². The maximum atomic E-state index is 14.8. The van der Waals surface area contributed by atoms with Crippen LogP contribution in [0.15, 0.2) is 36.4 Å². The van der Waals surface area contributed by atoms with Crippen molar-refractivity contribution in [3.8, 4) is 0 Å². The molecule has 1 heterocycles. The van der Waals surface area contributed by atoms with Crippen molar-refractivity contribution >= 4 is 17.5 Å². The van der Waals surface area contributed by atoms with Gasteiger partial charge in [0.1, 0.15) is 5.82 Å². The smallest absolute Gasteiger partial charge is 0.369 e. The van der Waals surface area contributed by atoms with Crippen molar-refractivity contribution in [2.24, 2.45) is 23.3 Å². The van der Waals surface area contributed by atoms with Gasteiger partial charge in [0.25, 0.3) is 5.91 Å². The number of nitrogens with two attached hydrogens (primary N) is 2. The Labute approximate surface area is 212 Å². The van der Waals surface area contributed by atoms with Gasteiger partial charge in [-0.15, -0.1) is 0 Å². The largest absolute Gasteiger partial charge is 0.397 e. The van der Waals surface area contributed by atoms with Gasteiger partial charge < -0.3 is 16.8 Å². The van der Waals surface area contributed by atoms with E-state index in [0.29, 0.717) is 18.5 Å².